The van der Waals surface area contributed by atoms with Crippen LogP contribution in [0.25, 0.3) is 0 Å². The average molecular weight is 330 g/mol. The van der Waals surface area contributed by atoms with E-state index in [-0.39, 0.29) is 16.3 Å². The summed E-state index contributed by atoms with van der Waals surface area (Å²) in [6, 6.07) is 13.4. The Morgan fingerprint density at radius 3 is 2.00 bits per heavy atom. The highest BCUT2D eigenvalue weighted by Crippen LogP contribution is 2.26. The van der Waals surface area contributed by atoms with Gasteiger partial charge in [-0.3, -0.25) is 4.72 Å². The molecule has 0 saturated heterocycles. The maximum absolute atomic E-state index is 12.3. The maximum Gasteiger partial charge on any atom is 0.405 e. The fourth-order valence-electron chi connectivity index (χ4n) is 1.73. The molecule has 2 aromatic rings. The van der Waals surface area contributed by atoms with Crippen molar-refractivity contribution in [1.29, 1.82) is 0 Å². The van der Waals surface area contributed by atoms with Gasteiger partial charge < -0.3 is 5.32 Å². The summed E-state index contributed by atoms with van der Waals surface area (Å²) in [6.07, 6.45) is -4.40. The molecule has 2 aromatic carbocycles. The lowest BCUT2D eigenvalue weighted by molar-refractivity contribution is -0.115. The fourth-order valence-corrected chi connectivity index (χ4v) is 2.83. The molecule has 0 fully saturated rings. The van der Waals surface area contributed by atoms with Crippen LogP contribution in [-0.4, -0.2) is 21.1 Å². The van der Waals surface area contributed by atoms with Crippen LogP contribution in [0, 0.1) is 0 Å². The molecule has 0 unspecified atom stereocenters. The van der Waals surface area contributed by atoms with Gasteiger partial charge in [0.05, 0.1) is 16.3 Å². The van der Waals surface area contributed by atoms with Crippen LogP contribution >= 0.6 is 0 Å². The van der Waals surface area contributed by atoms with Crippen molar-refractivity contribution in [2.24, 2.45) is 0 Å². The highest BCUT2D eigenvalue weighted by atomic mass is 32.2. The van der Waals surface area contributed by atoms with Gasteiger partial charge in [0.25, 0.3) is 10.0 Å². The minimum Gasteiger partial charge on any atom is -0.375 e. The molecule has 0 aromatic heterocycles. The average Bonchev–Trinajstić information content (AvgIpc) is 2.46. The van der Waals surface area contributed by atoms with E-state index >= 15 is 0 Å². The van der Waals surface area contributed by atoms with Gasteiger partial charge in [0.2, 0.25) is 0 Å². The lowest BCUT2D eigenvalue weighted by Crippen LogP contribution is -2.22. The summed E-state index contributed by atoms with van der Waals surface area (Å²) < 4.78 is 63.5. The highest BCUT2D eigenvalue weighted by Gasteiger charge is 2.27. The molecule has 2 N–H and O–H groups in total. The van der Waals surface area contributed by atoms with Gasteiger partial charge >= 0.3 is 6.18 Å². The number of rotatable bonds is 5. The summed E-state index contributed by atoms with van der Waals surface area (Å²) >= 11 is 0. The number of para-hydroxylation sites is 2. The van der Waals surface area contributed by atoms with Gasteiger partial charge in [-0.2, -0.15) is 13.2 Å². The number of hydrogen-bond donors (Lipinski definition) is 2. The van der Waals surface area contributed by atoms with Crippen molar-refractivity contribution < 1.29 is 21.6 Å². The molecular weight excluding hydrogens is 317 g/mol. The molecule has 0 amide bonds. The van der Waals surface area contributed by atoms with E-state index in [1.54, 1.807) is 18.2 Å². The molecule has 118 valence electrons. The van der Waals surface area contributed by atoms with Gasteiger partial charge in [0, 0.05) is 0 Å². The van der Waals surface area contributed by atoms with E-state index in [1.807, 2.05) is 0 Å². The zero-order chi connectivity index (χ0) is 16.2. The number of nitrogens with one attached hydrogen (secondary N) is 2. The SMILES string of the molecule is O=S(=O)(Nc1ccccc1NCC(F)(F)F)c1ccccc1. The first-order valence-electron chi connectivity index (χ1n) is 6.25. The third kappa shape index (κ3) is 4.39. The first-order valence-corrected chi connectivity index (χ1v) is 7.74. The van der Waals surface area contributed by atoms with E-state index in [2.05, 4.69) is 10.0 Å². The lowest BCUT2D eigenvalue weighted by Gasteiger charge is -2.15. The van der Waals surface area contributed by atoms with E-state index in [1.165, 1.54) is 36.4 Å². The van der Waals surface area contributed by atoms with Crippen LogP contribution in [0.4, 0.5) is 24.5 Å². The summed E-state index contributed by atoms with van der Waals surface area (Å²) in [4.78, 5) is 0.0284. The Bertz CT molecular complexity index is 731. The molecule has 2 rings (SSSR count). The maximum atomic E-state index is 12.3. The monoisotopic (exact) mass is 330 g/mol. The Labute approximate surface area is 126 Å². The summed E-state index contributed by atoms with van der Waals surface area (Å²) in [7, 11) is -3.86. The van der Waals surface area contributed by atoms with Gasteiger partial charge in [-0.1, -0.05) is 30.3 Å². The van der Waals surface area contributed by atoms with E-state index in [0.717, 1.165) is 0 Å². The van der Waals surface area contributed by atoms with Crippen LogP contribution < -0.4 is 10.0 Å². The van der Waals surface area contributed by atoms with Crippen LogP contribution in [0.2, 0.25) is 0 Å². The Kier molecular flexibility index (Phi) is 4.60. The Balaban J connectivity index is 2.23. The van der Waals surface area contributed by atoms with Crippen LogP contribution in [-0.2, 0) is 10.0 Å². The van der Waals surface area contributed by atoms with Crippen molar-refractivity contribution in [2.75, 3.05) is 16.6 Å². The third-order valence-corrected chi connectivity index (χ3v) is 4.09. The minimum atomic E-state index is -4.40. The van der Waals surface area contributed by atoms with Gasteiger partial charge in [-0.05, 0) is 24.3 Å². The molecule has 4 nitrogen and oxygen atoms in total. The number of halogens is 3. The quantitative estimate of drug-likeness (QED) is 0.883. The Morgan fingerprint density at radius 1 is 0.864 bits per heavy atom. The zero-order valence-electron chi connectivity index (χ0n) is 11.3. The normalized spacial score (nSPS) is 12.0. The van der Waals surface area contributed by atoms with E-state index in [9.17, 15) is 21.6 Å². The largest absolute Gasteiger partial charge is 0.405 e. The van der Waals surface area contributed by atoms with Crippen molar-refractivity contribution in [3.05, 3.63) is 54.6 Å². The van der Waals surface area contributed by atoms with Crippen LogP contribution in [0.15, 0.2) is 59.5 Å². The molecule has 0 aliphatic carbocycles. The molecular formula is C14H13F3N2O2S. The number of alkyl halides is 3. The molecule has 0 bridgehead atoms. The van der Waals surface area contributed by atoms with Gasteiger partial charge in [-0.15, -0.1) is 0 Å². The molecule has 0 aliphatic heterocycles. The zero-order valence-corrected chi connectivity index (χ0v) is 12.1. The predicted molar refractivity (Wildman–Crippen MR) is 78.2 cm³/mol. The lowest BCUT2D eigenvalue weighted by atomic mass is 10.3. The predicted octanol–water partition coefficient (Wildman–Crippen LogP) is 3.46. The van der Waals surface area contributed by atoms with Gasteiger partial charge in [0.15, 0.2) is 0 Å². The van der Waals surface area contributed by atoms with Crippen molar-refractivity contribution in [1.82, 2.24) is 0 Å². The molecule has 8 heteroatoms. The number of hydrogen-bond acceptors (Lipinski definition) is 3. The number of anilines is 2. The van der Waals surface area contributed by atoms with E-state index < -0.39 is 22.7 Å². The summed E-state index contributed by atoms with van der Waals surface area (Å²) in [5.41, 5.74) is 0.106. The summed E-state index contributed by atoms with van der Waals surface area (Å²) in [5.74, 6) is 0. The van der Waals surface area contributed by atoms with E-state index in [0.29, 0.717) is 0 Å². The molecule has 0 spiro atoms. The van der Waals surface area contributed by atoms with Crippen molar-refractivity contribution in [2.45, 2.75) is 11.1 Å². The number of benzene rings is 2. The van der Waals surface area contributed by atoms with Crippen LogP contribution in [0.3, 0.4) is 0 Å². The third-order valence-electron chi connectivity index (χ3n) is 2.70. The van der Waals surface area contributed by atoms with Crippen LogP contribution in [0.5, 0.6) is 0 Å². The summed E-state index contributed by atoms with van der Waals surface area (Å²) in [5, 5.41) is 2.18. The first-order chi connectivity index (χ1) is 10.3. The Morgan fingerprint density at radius 2 is 1.41 bits per heavy atom. The number of sulfonamides is 1. The molecule has 0 radical (unpaired) electrons. The topological polar surface area (TPSA) is 58.2 Å². The smallest absolute Gasteiger partial charge is 0.375 e. The highest BCUT2D eigenvalue weighted by molar-refractivity contribution is 7.92. The van der Waals surface area contributed by atoms with Crippen molar-refractivity contribution >= 4 is 21.4 Å². The van der Waals surface area contributed by atoms with E-state index in [4.69, 9.17) is 0 Å². The molecule has 0 heterocycles. The fraction of sp³-hybridized carbons (Fsp3) is 0.143. The van der Waals surface area contributed by atoms with Gasteiger partial charge in [0.1, 0.15) is 6.54 Å². The molecule has 0 atom stereocenters. The standard InChI is InChI=1S/C14H13F3N2O2S/c15-14(16,17)10-18-12-8-4-5-9-13(12)19-22(20,21)11-6-2-1-3-7-11/h1-9,18-19H,10H2. The summed E-state index contributed by atoms with van der Waals surface area (Å²) in [6.45, 7) is -1.25. The van der Waals surface area contributed by atoms with Crippen LogP contribution in [0.1, 0.15) is 0 Å². The van der Waals surface area contributed by atoms with Gasteiger partial charge in [-0.25, -0.2) is 8.42 Å². The second kappa shape index (κ2) is 6.27. The minimum absolute atomic E-state index is 0.0284. The second-order valence-corrected chi connectivity index (χ2v) is 6.12. The molecule has 0 aliphatic rings. The second-order valence-electron chi connectivity index (χ2n) is 4.43. The molecule has 0 saturated carbocycles. The first kappa shape index (κ1) is 16.2. The van der Waals surface area contributed by atoms with Crippen molar-refractivity contribution in [3.63, 3.8) is 0 Å². The Hall–Kier alpha value is -2.22. The molecule has 22 heavy (non-hydrogen) atoms. The van der Waals surface area contributed by atoms with Crippen molar-refractivity contribution in [3.8, 4) is 0 Å².